The molecule has 11 heteroatoms. The van der Waals surface area contributed by atoms with Gasteiger partial charge < -0.3 is 10.8 Å². The predicted molar refractivity (Wildman–Crippen MR) is 103 cm³/mol. The zero-order valence-corrected chi connectivity index (χ0v) is 16.9. The first-order chi connectivity index (χ1) is 12.1. The molecule has 0 aliphatic rings. The van der Waals surface area contributed by atoms with Gasteiger partial charge in [0.05, 0.1) is 9.82 Å². The van der Waals surface area contributed by atoms with Crippen LogP contribution in [0.4, 0.5) is 5.69 Å². The van der Waals surface area contributed by atoms with Crippen LogP contribution in [0.1, 0.15) is 33.1 Å². The minimum Gasteiger partial charge on any atom is -0.480 e. The molecule has 0 radical (unpaired) electrons. The Labute approximate surface area is 165 Å². The Bertz CT molecular complexity index is 724. The van der Waals surface area contributed by atoms with Crippen LogP contribution in [0.2, 0.25) is 0 Å². The average molecular weight is 424 g/mol. The van der Waals surface area contributed by atoms with Crippen molar-refractivity contribution in [2.75, 3.05) is 13.1 Å². The smallest absolute Gasteiger partial charge is 0.322 e. The number of hydrogen-bond acceptors (Lipinski definition) is 6. The third kappa shape index (κ3) is 7.06. The molecular weight excluding hydrogens is 398 g/mol. The lowest BCUT2D eigenvalue weighted by molar-refractivity contribution is -0.384. The minimum atomic E-state index is -4.12. The van der Waals surface area contributed by atoms with Crippen molar-refractivity contribution in [1.82, 2.24) is 4.31 Å². The molecule has 27 heavy (non-hydrogen) atoms. The van der Waals surface area contributed by atoms with Crippen LogP contribution in [0.15, 0.2) is 29.2 Å². The maximum atomic E-state index is 13.0. The quantitative estimate of drug-likeness (QED) is 0.315. The predicted octanol–water partition coefficient (Wildman–Crippen LogP) is 2.25. The first-order valence-corrected chi connectivity index (χ1v) is 9.74. The van der Waals surface area contributed by atoms with Crippen LogP contribution in [0.25, 0.3) is 0 Å². The van der Waals surface area contributed by atoms with E-state index in [9.17, 15) is 28.4 Å². The van der Waals surface area contributed by atoms with Gasteiger partial charge in [0, 0.05) is 18.7 Å². The summed E-state index contributed by atoms with van der Waals surface area (Å²) in [4.78, 5) is 21.7. The molecule has 0 aromatic heterocycles. The number of non-ortho nitro benzene ring substituents is 1. The molecule has 154 valence electrons. The van der Waals surface area contributed by atoms with Gasteiger partial charge in [0.25, 0.3) is 5.69 Å². The van der Waals surface area contributed by atoms with E-state index >= 15 is 0 Å². The van der Waals surface area contributed by atoms with Gasteiger partial charge >= 0.3 is 5.97 Å². The lowest BCUT2D eigenvalue weighted by Gasteiger charge is -2.29. The van der Waals surface area contributed by atoms with Gasteiger partial charge in [0.2, 0.25) is 10.0 Å². The highest BCUT2D eigenvalue weighted by atomic mass is 35.5. The maximum absolute atomic E-state index is 13.0. The number of unbranched alkanes of at least 4 members (excludes halogenated alkanes) is 1. The number of sulfonamides is 1. The summed E-state index contributed by atoms with van der Waals surface area (Å²) >= 11 is 0. The summed E-state index contributed by atoms with van der Waals surface area (Å²) in [7, 11) is -4.12. The number of rotatable bonds is 11. The van der Waals surface area contributed by atoms with Crippen LogP contribution in [0.3, 0.4) is 0 Å². The summed E-state index contributed by atoms with van der Waals surface area (Å²) in [5.41, 5.74) is 5.19. The molecule has 0 fully saturated rings. The molecule has 0 heterocycles. The van der Waals surface area contributed by atoms with Crippen molar-refractivity contribution in [3.8, 4) is 0 Å². The lowest BCUT2D eigenvalue weighted by atomic mass is 10.1. The molecule has 0 aliphatic heterocycles. The van der Waals surface area contributed by atoms with E-state index in [0.717, 1.165) is 28.6 Å². The lowest BCUT2D eigenvalue weighted by Crippen LogP contribution is -2.46. The van der Waals surface area contributed by atoms with Crippen molar-refractivity contribution < 1.29 is 23.2 Å². The molecule has 0 saturated carbocycles. The molecule has 0 spiro atoms. The van der Waals surface area contributed by atoms with Crippen LogP contribution >= 0.6 is 12.4 Å². The molecule has 0 amide bonds. The van der Waals surface area contributed by atoms with Gasteiger partial charge in [-0.25, -0.2) is 8.42 Å². The van der Waals surface area contributed by atoms with Crippen molar-refractivity contribution in [3.05, 3.63) is 34.4 Å². The van der Waals surface area contributed by atoms with Gasteiger partial charge in [-0.3, -0.25) is 14.9 Å². The Morgan fingerprint density at radius 3 is 2.22 bits per heavy atom. The second kappa shape index (κ2) is 11.2. The molecule has 1 aromatic rings. The van der Waals surface area contributed by atoms with E-state index in [1.165, 1.54) is 0 Å². The largest absolute Gasteiger partial charge is 0.480 e. The van der Waals surface area contributed by atoms with E-state index in [0.29, 0.717) is 19.4 Å². The first-order valence-electron chi connectivity index (χ1n) is 8.30. The maximum Gasteiger partial charge on any atom is 0.322 e. The second-order valence-corrected chi connectivity index (χ2v) is 8.25. The Morgan fingerprint density at radius 2 is 1.81 bits per heavy atom. The topological polar surface area (TPSA) is 144 Å². The van der Waals surface area contributed by atoms with Gasteiger partial charge in [0.1, 0.15) is 6.04 Å². The zero-order valence-electron chi connectivity index (χ0n) is 15.3. The third-order valence-electron chi connectivity index (χ3n) is 3.76. The fourth-order valence-corrected chi connectivity index (χ4v) is 4.28. The van der Waals surface area contributed by atoms with Crippen LogP contribution in [-0.4, -0.2) is 47.9 Å². The summed E-state index contributed by atoms with van der Waals surface area (Å²) in [5, 5.41) is 20.3. The number of nitrogens with two attached hydrogens (primary N) is 1. The van der Waals surface area contributed by atoms with Gasteiger partial charge in [-0.1, -0.05) is 13.8 Å². The van der Waals surface area contributed by atoms with Crippen molar-refractivity contribution >= 4 is 34.1 Å². The molecule has 9 nitrogen and oxygen atoms in total. The molecule has 1 aromatic carbocycles. The molecule has 0 aliphatic carbocycles. The fourth-order valence-electron chi connectivity index (χ4n) is 2.50. The summed E-state index contributed by atoms with van der Waals surface area (Å²) in [5.74, 6) is -1.33. The molecule has 3 N–H and O–H groups in total. The number of halogens is 1. The Morgan fingerprint density at radius 1 is 1.26 bits per heavy atom. The van der Waals surface area contributed by atoms with E-state index in [1.807, 2.05) is 0 Å². The van der Waals surface area contributed by atoms with Crippen molar-refractivity contribution in [1.29, 1.82) is 0 Å². The number of hydrogen-bond donors (Lipinski definition) is 2. The highest BCUT2D eigenvalue weighted by Crippen LogP contribution is 2.24. The van der Waals surface area contributed by atoms with Crippen molar-refractivity contribution in [3.63, 3.8) is 0 Å². The minimum absolute atomic E-state index is 0. The van der Waals surface area contributed by atoms with Crippen LogP contribution in [0, 0.1) is 16.0 Å². The van der Waals surface area contributed by atoms with Crippen LogP contribution in [0.5, 0.6) is 0 Å². The first kappa shape index (κ1) is 25.2. The van der Waals surface area contributed by atoms with E-state index in [1.54, 1.807) is 13.8 Å². The second-order valence-electron chi connectivity index (χ2n) is 6.36. The van der Waals surface area contributed by atoms with E-state index < -0.39 is 27.0 Å². The van der Waals surface area contributed by atoms with Crippen molar-refractivity contribution in [2.45, 2.75) is 44.0 Å². The Kier molecular flexibility index (Phi) is 10.5. The van der Waals surface area contributed by atoms with Gasteiger partial charge in [-0.05, 0) is 43.9 Å². The summed E-state index contributed by atoms with van der Waals surface area (Å²) in [6.45, 7) is 4.00. The van der Waals surface area contributed by atoms with Gasteiger partial charge in [-0.15, -0.1) is 12.4 Å². The summed E-state index contributed by atoms with van der Waals surface area (Å²) in [6, 6.07) is 3.21. The number of nitro groups is 1. The molecule has 1 atom stereocenters. The van der Waals surface area contributed by atoms with E-state index in [-0.39, 0.29) is 41.9 Å². The highest BCUT2D eigenvalue weighted by molar-refractivity contribution is 7.89. The van der Waals surface area contributed by atoms with Crippen LogP contribution in [-0.2, 0) is 14.8 Å². The standard InChI is InChI=1S/C16H25N3O6S.ClH/c1-12(2)11-18(15(16(20)21)5-3-4-10-17)26(24,25)14-8-6-13(7-9-14)19(22)23;/h6-9,12,15H,3-5,10-11,17H2,1-2H3,(H,20,21);1H/t15-;/m0./s1. The molecule has 0 bridgehead atoms. The number of carboxylic acids is 1. The number of carbonyl (C=O) groups is 1. The Hall–Kier alpha value is -1.75. The van der Waals surface area contributed by atoms with Crippen LogP contribution < -0.4 is 5.73 Å². The third-order valence-corrected chi connectivity index (χ3v) is 5.65. The summed E-state index contributed by atoms with van der Waals surface area (Å²) in [6.07, 6.45) is 1.22. The average Bonchev–Trinajstić information content (AvgIpc) is 2.56. The summed E-state index contributed by atoms with van der Waals surface area (Å²) < 4.78 is 27.0. The SMILES string of the molecule is CC(C)CN([C@@H](CCCCN)C(=O)O)S(=O)(=O)c1ccc([N+](=O)[O-])cc1.Cl. The molecule has 0 saturated heterocycles. The number of nitrogens with zero attached hydrogens (tertiary/aromatic N) is 2. The fraction of sp³-hybridized carbons (Fsp3) is 0.562. The molecular formula is C16H26ClN3O6S. The Balaban J connectivity index is 0.00000676. The van der Waals surface area contributed by atoms with Gasteiger partial charge in [0.15, 0.2) is 0 Å². The number of nitro benzene ring substituents is 1. The number of aliphatic carboxylic acids is 1. The zero-order chi connectivity index (χ0) is 19.9. The van der Waals surface area contributed by atoms with Gasteiger partial charge in [-0.2, -0.15) is 4.31 Å². The van der Waals surface area contributed by atoms with E-state index in [4.69, 9.17) is 5.73 Å². The van der Waals surface area contributed by atoms with E-state index in [2.05, 4.69) is 0 Å². The normalized spacial score (nSPS) is 12.6. The molecule has 0 unspecified atom stereocenters. The number of carboxylic acid groups (broad SMARTS) is 1. The number of benzene rings is 1. The monoisotopic (exact) mass is 423 g/mol. The highest BCUT2D eigenvalue weighted by Gasteiger charge is 2.36. The van der Waals surface area contributed by atoms with Crippen molar-refractivity contribution in [2.24, 2.45) is 11.7 Å². The molecule has 1 rings (SSSR count).